The number of likely N-dealkylation sites (N-methyl/N-ethyl adjacent to an activating group) is 1. The second-order valence-electron chi connectivity index (χ2n) is 4.95. The van der Waals surface area contributed by atoms with Gasteiger partial charge in [0.15, 0.2) is 0 Å². The summed E-state index contributed by atoms with van der Waals surface area (Å²) in [5.74, 6) is 0.590. The molecule has 1 nitrogen and oxygen atoms in total. The summed E-state index contributed by atoms with van der Waals surface area (Å²) in [4.78, 5) is 0. The van der Waals surface area contributed by atoms with E-state index in [1.807, 2.05) is 19.2 Å². The normalized spacial score (nSPS) is 14.6. The molecule has 0 aromatic heterocycles. The number of hydrogen-bond acceptors (Lipinski definition) is 1. The Morgan fingerprint density at radius 2 is 1.88 bits per heavy atom. The van der Waals surface area contributed by atoms with E-state index in [0.717, 1.165) is 12.3 Å². The molecule has 0 bridgehead atoms. The molecule has 0 saturated heterocycles. The van der Waals surface area contributed by atoms with Crippen LogP contribution in [0.4, 0.5) is 4.39 Å². The smallest absolute Gasteiger partial charge is 0.123 e. The Bertz CT molecular complexity index is 307. The minimum atomic E-state index is -0.158. The molecule has 1 aromatic carbocycles. The van der Waals surface area contributed by atoms with E-state index >= 15 is 0 Å². The molecule has 0 spiro atoms. The monoisotopic (exact) mass is 237 g/mol. The fraction of sp³-hybridized carbons (Fsp3) is 0.600. The second kappa shape index (κ2) is 7.44. The van der Waals surface area contributed by atoms with Crippen LogP contribution in [-0.2, 0) is 6.42 Å². The highest BCUT2D eigenvalue weighted by molar-refractivity contribution is 5.17. The zero-order valence-corrected chi connectivity index (χ0v) is 11.2. The highest BCUT2D eigenvalue weighted by atomic mass is 19.1. The highest BCUT2D eigenvalue weighted by Gasteiger charge is 2.11. The number of halogens is 1. The van der Waals surface area contributed by atoms with Crippen molar-refractivity contribution in [2.24, 2.45) is 5.92 Å². The lowest BCUT2D eigenvalue weighted by molar-refractivity contribution is 0.397. The fourth-order valence-electron chi connectivity index (χ4n) is 2.30. The van der Waals surface area contributed by atoms with Crippen LogP contribution in [0.15, 0.2) is 24.3 Å². The first-order chi connectivity index (χ1) is 8.15. The van der Waals surface area contributed by atoms with Crippen LogP contribution >= 0.6 is 0 Å². The van der Waals surface area contributed by atoms with Crippen molar-refractivity contribution in [1.29, 1.82) is 0 Å². The molecule has 2 heteroatoms. The van der Waals surface area contributed by atoms with E-state index in [0.29, 0.717) is 6.04 Å². The summed E-state index contributed by atoms with van der Waals surface area (Å²) in [6, 6.07) is 7.32. The van der Waals surface area contributed by atoms with Gasteiger partial charge in [0.05, 0.1) is 0 Å². The first-order valence-electron chi connectivity index (χ1n) is 6.57. The molecule has 0 radical (unpaired) electrons. The molecule has 0 fully saturated rings. The first kappa shape index (κ1) is 14.2. The summed E-state index contributed by atoms with van der Waals surface area (Å²) in [5.41, 5.74) is 1.20. The zero-order valence-electron chi connectivity index (χ0n) is 11.2. The predicted octanol–water partition coefficient (Wildman–Crippen LogP) is 3.78. The molecular formula is C15H24FN. The zero-order chi connectivity index (χ0) is 12.7. The van der Waals surface area contributed by atoms with Crippen LogP contribution in [0.2, 0.25) is 0 Å². The summed E-state index contributed by atoms with van der Waals surface area (Å²) in [6.07, 6.45) is 4.68. The van der Waals surface area contributed by atoms with Crippen molar-refractivity contribution in [2.45, 2.75) is 45.6 Å². The Labute approximate surface area is 104 Å². The van der Waals surface area contributed by atoms with Gasteiger partial charge in [-0.05, 0) is 43.5 Å². The minimum Gasteiger partial charge on any atom is -0.317 e. The van der Waals surface area contributed by atoms with Gasteiger partial charge in [0, 0.05) is 6.04 Å². The molecule has 0 heterocycles. The van der Waals surface area contributed by atoms with Crippen molar-refractivity contribution in [3.63, 3.8) is 0 Å². The molecule has 0 saturated carbocycles. The molecule has 17 heavy (non-hydrogen) atoms. The number of rotatable bonds is 7. The third-order valence-electron chi connectivity index (χ3n) is 3.27. The Morgan fingerprint density at radius 3 is 2.41 bits per heavy atom. The summed E-state index contributed by atoms with van der Waals surface area (Å²) in [6.45, 7) is 4.53. The van der Waals surface area contributed by atoms with Gasteiger partial charge in [-0.2, -0.15) is 0 Å². The molecule has 1 aromatic rings. The average Bonchev–Trinajstić information content (AvgIpc) is 2.31. The molecule has 2 atom stereocenters. The van der Waals surface area contributed by atoms with Crippen molar-refractivity contribution >= 4 is 0 Å². The lowest BCUT2D eigenvalue weighted by Crippen LogP contribution is -2.29. The number of hydrogen-bond donors (Lipinski definition) is 1. The Kier molecular flexibility index (Phi) is 6.20. The van der Waals surface area contributed by atoms with Gasteiger partial charge >= 0.3 is 0 Å². The Morgan fingerprint density at radius 1 is 1.24 bits per heavy atom. The largest absolute Gasteiger partial charge is 0.317 e. The molecule has 1 N–H and O–H groups in total. The van der Waals surface area contributed by atoms with E-state index in [4.69, 9.17) is 0 Å². The quantitative estimate of drug-likeness (QED) is 0.761. The van der Waals surface area contributed by atoms with Gasteiger partial charge < -0.3 is 5.32 Å². The number of benzene rings is 1. The molecular weight excluding hydrogens is 213 g/mol. The van der Waals surface area contributed by atoms with Crippen molar-refractivity contribution in [1.82, 2.24) is 5.32 Å². The molecule has 0 aliphatic rings. The fourth-order valence-corrected chi connectivity index (χ4v) is 2.30. The van der Waals surface area contributed by atoms with E-state index in [1.54, 1.807) is 0 Å². The van der Waals surface area contributed by atoms with Crippen LogP contribution in [-0.4, -0.2) is 13.1 Å². The van der Waals surface area contributed by atoms with Gasteiger partial charge in [0.2, 0.25) is 0 Å². The van der Waals surface area contributed by atoms with Crippen molar-refractivity contribution in [3.8, 4) is 0 Å². The summed E-state index contributed by atoms with van der Waals surface area (Å²) in [7, 11) is 2.01. The van der Waals surface area contributed by atoms with Gasteiger partial charge in [-0.15, -0.1) is 0 Å². The lowest BCUT2D eigenvalue weighted by atomic mass is 9.93. The maximum absolute atomic E-state index is 12.8. The molecule has 0 aliphatic carbocycles. The van der Waals surface area contributed by atoms with Gasteiger partial charge in [0.25, 0.3) is 0 Å². The van der Waals surface area contributed by atoms with Crippen molar-refractivity contribution in [3.05, 3.63) is 35.6 Å². The maximum atomic E-state index is 12.8. The average molecular weight is 237 g/mol. The third-order valence-corrected chi connectivity index (χ3v) is 3.27. The van der Waals surface area contributed by atoms with Crippen LogP contribution in [0.25, 0.3) is 0 Å². The van der Waals surface area contributed by atoms with E-state index in [-0.39, 0.29) is 5.82 Å². The minimum absolute atomic E-state index is 0.158. The first-order valence-corrected chi connectivity index (χ1v) is 6.57. The van der Waals surface area contributed by atoms with Crippen molar-refractivity contribution in [2.75, 3.05) is 7.05 Å². The lowest BCUT2D eigenvalue weighted by Gasteiger charge is -2.20. The van der Waals surface area contributed by atoms with Crippen LogP contribution < -0.4 is 5.32 Å². The Hall–Kier alpha value is -0.890. The summed E-state index contributed by atoms with van der Waals surface area (Å²) < 4.78 is 12.8. The van der Waals surface area contributed by atoms with E-state index in [2.05, 4.69) is 19.2 Å². The van der Waals surface area contributed by atoms with Gasteiger partial charge in [0.1, 0.15) is 5.82 Å². The molecule has 0 aliphatic heterocycles. The molecule has 96 valence electrons. The van der Waals surface area contributed by atoms with Gasteiger partial charge in [-0.25, -0.2) is 4.39 Å². The van der Waals surface area contributed by atoms with Crippen LogP contribution in [0.1, 0.15) is 38.7 Å². The van der Waals surface area contributed by atoms with Crippen LogP contribution in [0.5, 0.6) is 0 Å². The highest BCUT2D eigenvalue weighted by Crippen LogP contribution is 2.15. The third kappa shape index (κ3) is 5.31. The van der Waals surface area contributed by atoms with E-state index < -0.39 is 0 Å². The van der Waals surface area contributed by atoms with E-state index in [1.165, 1.54) is 37.0 Å². The summed E-state index contributed by atoms with van der Waals surface area (Å²) in [5, 5.41) is 3.36. The maximum Gasteiger partial charge on any atom is 0.123 e. The SMILES string of the molecule is CCCC(C)CC(Cc1ccc(F)cc1)NC. The van der Waals surface area contributed by atoms with Crippen molar-refractivity contribution < 1.29 is 4.39 Å². The van der Waals surface area contributed by atoms with Crippen LogP contribution in [0.3, 0.4) is 0 Å². The number of nitrogens with one attached hydrogen (secondary N) is 1. The van der Waals surface area contributed by atoms with E-state index in [9.17, 15) is 4.39 Å². The van der Waals surface area contributed by atoms with Gasteiger partial charge in [-0.1, -0.05) is 38.8 Å². The van der Waals surface area contributed by atoms with Gasteiger partial charge in [-0.3, -0.25) is 0 Å². The van der Waals surface area contributed by atoms with Crippen LogP contribution in [0, 0.1) is 11.7 Å². The Balaban J connectivity index is 2.48. The molecule has 2 unspecified atom stereocenters. The standard InChI is InChI=1S/C15H24FN/c1-4-5-12(2)10-15(17-3)11-13-6-8-14(16)9-7-13/h6-9,12,15,17H,4-5,10-11H2,1-3H3. The summed E-state index contributed by atoms with van der Waals surface area (Å²) >= 11 is 0. The predicted molar refractivity (Wildman–Crippen MR) is 71.6 cm³/mol. The molecule has 0 amide bonds. The second-order valence-corrected chi connectivity index (χ2v) is 4.95. The molecule has 1 rings (SSSR count). The topological polar surface area (TPSA) is 12.0 Å².